The predicted molar refractivity (Wildman–Crippen MR) is 68.5 cm³/mol. The van der Waals surface area contributed by atoms with E-state index in [1.54, 1.807) is 6.07 Å². The first-order chi connectivity index (χ1) is 8.93. The van der Waals surface area contributed by atoms with Crippen LogP contribution in [0, 0.1) is 11.7 Å². The summed E-state index contributed by atoms with van der Waals surface area (Å²) < 4.78 is 40.1. The SMILES string of the molecule is NNC(Cc1c(F)cccc1Cl)C1CCC(F)(F)C1. The second kappa shape index (κ2) is 5.69. The third kappa shape index (κ3) is 3.41. The molecule has 0 radical (unpaired) electrons. The summed E-state index contributed by atoms with van der Waals surface area (Å²) >= 11 is 5.94. The Kier molecular flexibility index (Phi) is 4.38. The molecule has 19 heavy (non-hydrogen) atoms. The normalized spacial score (nSPS) is 23.5. The van der Waals surface area contributed by atoms with Gasteiger partial charge in [-0.1, -0.05) is 17.7 Å². The van der Waals surface area contributed by atoms with Crippen molar-refractivity contribution in [2.24, 2.45) is 11.8 Å². The van der Waals surface area contributed by atoms with Gasteiger partial charge >= 0.3 is 0 Å². The molecule has 1 aliphatic rings. The second-order valence-corrected chi connectivity index (χ2v) is 5.44. The Bertz CT molecular complexity index is 433. The van der Waals surface area contributed by atoms with Crippen molar-refractivity contribution in [1.82, 2.24) is 5.43 Å². The number of nitrogens with two attached hydrogens (primary N) is 1. The maximum absolute atomic E-state index is 13.7. The number of hydrogen-bond acceptors (Lipinski definition) is 2. The Morgan fingerprint density at radius 2 is 2.21 bits per heavy atom. The molecule has 1 aromatic rings. The van der Waals surface area contributed by atoms with Crippen LogP contribution in [0.3, 0.4) is 0 Å². The smallest absolute Gasteiger partial charge is 0.248 e. The zero-order chi connectivity index (χ0) is 14.0. The molecular formula is C13H16ClF3N2. The summed E-state index contributed by atoms with van der Waals surface area (Å²) in [5.74, 6) is 2.09. The van der Waals surface area contributed by atoms with E-state index in [0.29, 0.717) is 17.0 Å². The molecule has 0 saturated heterocycles. The molecule has 2 rings (SSSR count). The molecule has 1 aliphatic carbocycles. The zero-order valence-electron chi connectivity index (χ0n) is 10.3. The molecule has 106 valence electrons. The molecule has 0 aromatic heterocycles. The molecule has 2 unspecified atom stereocenters. The van der Waals surface area contributed by atoms with Gasteiger partial charge in [0.15, 0.2) is 0 Å². The highest BCUT2D eigenvalue weighted by molar-refractivity contribution is 6.31. The molecule has 1 aromatic carbocycles. The van der Waals surface area contributed by atoms with Gasteiger partial charge in [0.25, 0.3) is 0 Å². The van der Waals surface area contributed by atoms with Gasteiger partial charge in [0, 0.05) is 29.5 Å². The van der Waals surface area contributed by atoms with Crippen molar-refractivity contribution < 1.29 is 13.2 Å². The predicted octanol–water partition coefficient (Wildman–Crippen LogP) is 3.29. The second-order valence-electron chi connectivity index (χ2n) is 5.04. The van der Waals surface area contributed by atoms with Gasteiger partial charge in [0.2, 0.25) is 5.92 Å². The van der Waals surface area contributed by atoms with Gasteiger partial charge in [-0.25, -0.2) is 13.2 Å². The summed E-state index contributed by atoms with van der Waals surface area (Å²) in [6, 6.07) is 3.99. The topological polar surface area (TPSA) is 38.0 Å². The van der Waals surface area contributed by atoms with Gasteiger partial charge in [-0.3, -0.25) is 11.3 Å². The Morgan fingerprint density at radius 3 is 2.74 bits per heavy atom. The molecule has 3 N–H and O–H groups in total. The number of halogens is 4. The minimum atomic E-state index is -2.64. The molecule has 0 bridgehead atoms. The van der Waals surface area contributed by atoms with Crippen LogP contribution >= 0.6 is 11.6 Å². The lowest BCUT2D eigenvalue weighted by atomic mass is 9.92. The maximum Gasteiger partial charge on any atom is 0.248 e. The van der Waals surface area contributed by atoms with Crippen LogP contribution in [0.1, 0.15) is 24.8 Å². The first-order valence-corrected chi connectivity index (χ1v) is 6.57. The quantitative estimate of drug-likeness (QED) is 0.660. The lowest BCUT2D eigenvalue weighted by Crippen LogP contribution is -2.42. The largest absolute Gasteiger partial charge is 0.271 e. The number of nitrogens with one attached hydrogen (secondary N) is 1. The maximum atomic E-state index is 13.7. The number of benzene rings is 1. The lowest BCUT2D eigenvalue weighted by Gasteiger charge is -2.23. The van der Waals surface area contributed by atoms with Crippen LogP contribution in [-0.2, 0) is 6.42 Å². The molecular weight excluding hydrogens is 277 g/mol. The lowest BCUT2D eigenvalue weighted by molar-refractivity contribution is 0.00330. The highest BCUT2D eigenvalue weighted by atomic mass is 35.5. The molecule has 6 heteroatoms. The summed E-state index contributed by atoms with van der Waals surface area (Å²) in [5, 5.41) is 0.296. The molecule has 1 saturated carbocycles. The highest BCUT2D eigenvalue weighted by Gasteiger charge is 2.42. The first-order valence-electron chi connectivity index (χ1n) is 6.20. The van der Waals surface area contributed by atoms with Gasteiger partial charge in [-0.15, -0.1) is 0 Å². The molecule has 0 amide bonds. The van der Waals surface area contributed by atoms with Crippen molar-refractivity contribution in [2.75, 3.05) is 0 Å². The van der Waals surface area contributed by atoms with Crippen molar-refractivity contribution in [3.8, 4) is 0 Å². The van der Waals surface area contributed by atoms with Crippen molar-refractivity contribution in [3.05, 3.63) is 34.6 Å². The van der Waals surface area contributed by atoms with Gasteiger partial charge in [-0.2, -0.15) is 0 Å². The van der Waals surface area contributed by atoms with E-state index in [2.05, 4.69) is 5.43 Å². The van der Waals surface area contributed by atoms with Crippen LogP contribution in [0.15, 0.2) is 18.2 Å². The molecule has 1 fully saturated rings. The van der Waals surface area contributed by atoms with Crippen LogP contribution in [0.4, 0.5) is 13.2 Å². The molecule has 0 heterocycles. The Balaban J connectivity index is 2.12. The number of hydrazine groups is 1. The van der Waals surface area contributed by atoms with Crippen molar-refractivity contribution in [3.63, 3.8) is 0 Å². The van der Waals surface area contributed by atoms with E-state index in [1.165, 1.54) is 12.1 Å². The van der Waals surface area contributed by atoms with Crippen LogP contribution in [0.5, 0.6) is 0 Å². The van der Waals surface area contributed by atoms with E-state index in [0.717, 1.165) is 0 Å². The fourth-order valence-electron chi connectivity index (χ4n) is 2.64. The minimum Gasteiger partial charge on any atom is -0.271 e. The van der Waals surface area contributed by atoms with E-state index in [4.69, 9.17) is 17.4 Å². The van der Waals surface area contributed by atoms with Crippen molar-refractivity contribution in [1.29, 1.82) is 0 Å². The van der Waals surface area contributed by atoms with Gasteiger partial charge in [0.1, 0.15) is 5.82 Å². The van der Waals surface area contributed by atoms with Crippen LogP contribution in [-0.4, -0.2) is 12.0 Å². The van der Waals surface area contributed by atoms with Crippen LogP contribution in [0.25, 0.3) is 0 Å². The first kappa shape index (κ1) is 14.6. The van der Waals surface area contributed by atoms with Crippen molar-refractivity contribution in [2.45, 2.75) is 37.6 Å². The van der Waals surface area contributed by atoms with E-state index >= 15 is 0 Å². The number of alkyl halides is 2. The van der Waals surface area contributed by atoms with Gasteiger partial charge < -0.3 is 0 Å². The van der Waals surface area contributed by atoms with Gasteiger partial charge in [0.05, 0.1) is 0 Å². The van der Waals surface area contributed by atoms with E-state index < -0.39 is 17.8 Å². The van der Waals surface area contributed by atoms with Crippen molar-refractivity contribution >= 4 is 11.6 Å². The summed E-state index contributed by atoms with van der Waals surface area (Å²) in [4.78, 5) is 0. The molecule has 0 aliphatic heterocycles. The van der Waals surface area contributed by atoms with E-state index in [9.17, 15) is 13.2 Å². The van der Waals surface area contributed by atoms with Crippen LogP contribution < -0.4 is 11.3 Å². The van der Waals surface area contributed by atoms with E-state index in [1.807, 2.05) is 0 Å². The number of hydrogen-bond donors (Lipinski definition) is 2. The summed E-state index contributed by atoms with van der Waals surface area (Å²) in [7, 11) is 0. The van der Waals surface area contributed by atoms with Crippen LogP contribution in [0.2, 0.25) is 5.02 Å². The average molecular weight is 293 g/mol. The molecule has 2 atom stereocenters. The molecule has 2 nitrogen and oxygen atoms in total. The summed E-state index contributed by atoms with van der Waals surface area (Å²) in [5.41, 5.74) is 2.85. The monoisotopic (exact) mass is 292 g/mol. The zero-order valence-corrected chi connectivity index (χ0v) is 11.1. The third-order valence-electron chi connectivity index (χ3n) is 3.71. The average Bonchev–Trinajstić information content (AvgIpc) is 2.69. The van der Waals surface area contributed by atoms with Gasteiger partial charge in [-0.05, 0) is 30.9 Å². The third-order valence-corrected chi connectivity index (χ3v) is 4.06. The minimum absolute atomic E-state index is 0.138. The standard InChI is InChI=1S/C13H16ClF3N2/c14-10-2-1-3-11(15)9(10)6-12(19-18)8-4-5-13(16,17)7-8/h1-3,8,12,19H,4-7,18H2. The number of rotatable bonds is 4. The Hall–Kier alpha value is -0.780. The van der Waals surface area contributed by atoms with E-state index in [-0.39, 0.29) is 25.2 Å². The Labute approximate surface area is 115 Å². The Morgan fingerprint density at radius 1 is 1.47 bits per heavy atom. The molecule has 0 spiro atoms. The summed E-state index contributed by atoms with van der Waals surface area (Å²) in [6.45, 7) is 0. The highest BCUT2D eigenvalue weighted by Crippen LogP contribution is 2.41. The summed E-state index contributed by atoms with van der Waals surface area (Å²) in [6.07, 6.45) is 0.242. The fourth-order valence-corrected chi connectivity index (χ4v) is 2.88. The fraction of sp³-hybridized carbons (Fsp3) is 0.538.